The van der Waals surface area contributed by atoms with E-state index in [4.69, 9.17) is 19.4 Å². The predicted octanol–water partition coefficient (Wildman–Crippen LogP) is 7.27. The Hall–Kier alpha value is -7.70. The first-order chi connectivity index (χ1) is 37.6. The molecule has 2 aliphatic heterocycles. The van der Waals surface area contributed by atoms with Crippen LogP contribution in [0, 0.1) is 0 Å². The van der Waals surface area contributed by atoms with Crippen LogP contribution in [0.5, 0.6) is 11.5 Å². The van der Waals surface area contributed by atoms with E-state index in [1.165, 1.54) is 0 Å². The predicted molar refractivity (Wildman–Crippen MR) is 309 cm³/mol. The van der Waals surface area contributed by atoms with Gasteiger partial charge in [0.15, 0.2) is 0 Å². The number of hydrogen-bond acceptors (Lipinski definition) is 17. The zero-order valence-corrected chi connectivity index (χ0v) is 46.0. The van der Waals surface area contributed by atoms with Gasteiger partial charge < -0.3 is 49.0 Å². The van der Waals surface area contributed by atoms with Crippen molar-refractivity contribution in [2.75, 3.05) is 116 Å². The molecule has 23 heteroatoms. The molecule has 0 amide bonds. The number of ether oxygens (including phenoxy) is 2. The first-order valence-corrected chi connectivity index (χ1v) is 29.2. The fourth-order valence-corrected chi connectivity index (χ4v) is 11.3. The van der Waals surface area contributed by atoms with E-state index in [9.17, 15) is 21.9 Å². The van der Waals surface area contributed by atoms with Gasteiger partial charge in [-0.2, -0.15) is 9.97 Å². The Bertz CT molecular complexity index is 3630. The molecule has 1 unspecified atom stereocenters. The maximum absolute atomic E-state index is 13.8. The number of methoxy groups -OCH3 is 1. The van der Waals surface area contributed by atoms with Gasteiger partial charge in [0.05, 0.1) is 47.0 Å². The minimum atomic E-state index is -3.74. The quantitative estimate of drug-likeness (QED) is 0.0477. The van der Waals surface area contributed by atoms with Crippen LogP contribution in [0.3, 0.4) is 0 Å². The van der Waals surface area contributed by atoms with E-state index in [0.29, 0.717) is 59.0 Å². The minimum Gasteiger partial charge on any atom is -0.495 e. The molecule has 0 saturated carbocycles. The molecule has 410 valence electrons. The van der Waals surface area contributed by atoms with Crippen molar-refractivity contribution < 1.29 is 31.4 Å². The van der Waals surface area contributed by atoms with Crippen molar-refractivity contribution in [2.45, 2.75) is 37.7 Å². The summed E-state index contributed by atoms with van der Waals surface area (Å²) in [6.07, 6.45) is 7.70. The number of likely N-dealkylation sites (N-methyl/N-ethyl adjacent to an activating group) is 1. The van der Waals surface area contributed by atoms with Crippen molar-refractivity contribution in [3.8, 4) is 22.9 Å². The highest BCUT2D eigenvalue weighted by Gasteiger charge is 2.26. The molecular weight excluding hydrogens is 1030 g/mol. The molecule has 21 nitrogen and oxygen atoms in total. The average Bonchev–Trinajstić information content (AvgIpc) is 4.08. The van der Waals surface area contributed by atoms with E-state index < -0.39 is 30.5 Å². The first kappa shape index (κ1) is 53.7. The van der Waals surface area contributed by atoms with Crippen molar-refractivity contribution in [1.29, 1.82) is 0 Å². The van der Waals surface area contributed by atoms with Crippen LogP contribution in [0.4, 0.5) is 46.0 Å². The molecule has 10 rings (SSSR count). The van der Waals surface area contributed by atoms with E-state index in [1.807, 2.05) is 88.3 Å². The summed E-state index contributed by atoms with van der Waals surface area (Å²) in [5.74, 6) is 2.12. The van der Waals surface area contributed by atoms with E-state index in [-0.39, 0.29) is 13.2 Å². The van der Waals surface area contributed by atoms with Crippen LogP contribution in [-0.2, 0) is 20.0 Å². The summed E-state index contributed by atoms with van der Waals surface area (Å²) in [6, 6.07) is 30.1. The summed E-state index contributed by atoms with van der Waals surface area (Å²) in [6.45, 7) is 12.3. The molecule has 5 N–H and O–H groups in total. The van der Waals surface area contributed by atoms with Crippen molar-refractivity contribution in [2.24, 2.45) is 0 Å². The number of aromatic nitrogens is 6. The van der Waals surface area contributed by atoms with Crippen LogP contribution in [0.25, 0.3) is 33.4 Å². The number of fused-ring (bicyclic) bond motifs is 2. The van der Waals surface area contributed by atoms with Crippen molar-refractivity contribution >= 4 is 88.1 Å². The van der Waals surface area contributed by atoms with E-state index in [2.05, 4.69) is 56.7 Å². The van der Waals surface area contributed by atoms with E-state index in [0.717, 1.165) is 97.3 Å². The standard InChI is InChI=1S/C55H66N14O7S2/c1-38(2)77(71,72)62-44-8-6-10-46(32-44)68-20-17-40-36-56-54(60-52(40)68)58-42-12-14-48(50(34-42)75-5)67-28-24-65(25-29-67)19-16-39(3)78(73,74)63-45-9-7-11-47(33-45)69-21-18-41-37-57-55(61-53(41)69)59-43-13-15-49(51(35-43)76-31-30-70)66-26-22-64(4)23-27-66/h6-15,17-18,20-21,32-39,62-63,70H,16,19,22-31H2,1-5H3,(H,56,58,60)(H,57,59,61). The highest BCUT2D eigenvalue weighted by atomic mass is 32.2. The molecule has 8 aromatic rings. The number of benzene rings is 4. The maximum atomic E-state index is 13.8. The molecule has 2 aliphatic rings. The van der Waals surface area contributed by atoms with Gasteiger partial charge in [0, 0.05) is 123 Å². The van der Waals surface area contributed by atoms with Crippen LogP contribution in [0.15, 0.2) is 122 Å². The second-order valence-electron chi connectivity index (χ2n) is 19.9. The fraction of sp³-hybridized carbons (Fsp3) is 0.345. The number of nitrogens with zero attached hydrogens (tertiary/aromatic N) is 10. The molecule has 4 aromatic heterocycles. The molecule has 78 heavy (non-hydrogen) atoms. The van der Waals surface area contributed by atoms with Crippen LogP contribution >= 0.6 is 0 Å². The number of rotatable bonds is 21. The number of piperazine rings is 2. The molecule has 0 spiro atoms. The van der Waals surface area contributed by atoms with Gasteiger partial charge in [-0.15, -0.1) is 0 Å². The van der Waals surface area contributed by atoms with Gasteiger partial charge in [0.25, 0.3) is 0 Å². The van der Waals surface area contributed by atoms with Gasteiger partial charge in [-0.3, -0.25) is 14.3 Å². The second-order valence-corrected chi connectivity index (χ2v) is 24.2. The molecule has 2 saturated heterocycles. The molecule has 4 aromatic carbocycles. The van der Waals surface area contributed by atoms with Crippen LogP contribution < -0.4 is 39.4 Å². The van der Waals surface area contributed by atoms with Gasteiger partial charge in [-0.25, -0.2) is 26.8 Å². The van der Waals surface area contributed by atoms with Gasteiger partial charge in [-0.1, -0.05) is 12.1 Å². The Morgan fingerprint density at radius 2 is 1.13 bits per heavy atom. The van der Waals surface area contributed by atoms with Crippen molar-refractivity contribution in [3.05, 3.63) is 122 Å². The van der Waals surface area contributed by atoms with Crippen LogP contribution in [-0.4, -0.2) is 158 Å². The largest absolute Gasteiger partial charge is 0.495 e. The molecule has 0 radical (unpaired) electrons. The third kappa shape index (κ3) is 12.2. The number of anilines is 8. The molecule has 1 atom stereocenters. The normalized spacial score (nSPS) is 15.2. The molecule has 6 heterocycles. The lowest BCUT2D eigenvalue weighted by atomic mass is 10.2. The molecule has 2 fully saturated rings. The monoisotopic (exact) mass is 1100 g/mol. The Balaban J connectivity index is 0.732. The average molecular weight is 1100 g/mol. The lowest BCUT2D eigenvalue weighted by Gasteiger charge is -2.37. The third-order valence-corrected chi connectivity index (χ3v) is 17.8. The second kappa shape index (κ2) is 23.1. The van der Waals surface area contributed by atoms with Crippen molar-refractivity contribution in [1.82, 2.24) is 38.9 Å². The molecular formula is C55H66N14O7S2. The highest BCUT2D eigenvalue weighted by Crippen LogP contribution is 2.35. The topological polar surface area (TPSA) is 229 Å². The number of hydrogen-bond donors (Lipinski definition) is 5. The molecule has 0 aliphatic carbocycles. The van der Waals surface area contributed by atoms with Gasteiger partial charge in [0.1, 0.15) is 29.4 Å². The van der Waals surface area contributed by atoms with Gasteiger partial charge >= 0.3 is 0 Å². The fourth-order valence-electron chi connectivity index (χ4n) is 9.54. The summed E-state index contributed by atoms with van der Waals surface area (Å²) >= 11 is 0. The first-order valence-electron chi connectivity index (χ1n) is 26.1. The van der Waals surface area contributed by atoms with Crippen LogP contribution in [0.1, 0.15) is 27.2 Å². The van der Waals surface area contributed by atoms with Gasteiger partial charge in [-0.05, 0) is 114 Å². The Labute approximate surface area is 455 Å². The summed E-state index contributed by atoms with van der Waals surface area (Å²) in [5.41, 5.74) is 7.07. The zero-order chi connectivity index (χ0) is 54.6. The lowest BCUT2D eigenvalue weighted by molar-refractivity contribution is 0.201. The van der Waals surface area contributed by atoms with Gasteiger partial charge in [0.2, 0.25) is 31.9 Å². The number of aliphatic hydroxyl groups is 1. The Morgan fingerprint density at radius 3 is 1.65 bits per heavy atom. The Kier molecular flexibility index (Phi) is 15.9. The smallest absolute Gasteiger partial charge is 0.235 e. The van der Waals surface area contributed by atoms with Crippen LogP contribution in [0.2, 0.25) is 0 Å². The Morgan fingerprint density at radius 1 is 0.615 bits per heavy atom. The SMILES string of the molecule is COc1cc(Nc2ncc3ccn(-c4cccc(NS(=O)(=O)C(C)C)c4)c3n2)ccc1N1CCN(CCC(C)S(=O)(=O)Nc2cccc(-n3ccc4cnc(Nc5ccc(N6CCN(C)CC6)c(OCCO)c5)nc43)c2)CC1. The van der Waals surface area contributed by atoms with E-state index >= 15 is 0 Å². The maximum Gasteiger partial charge on any atom is 0.235 e. The summed E-state index contributed by atoms with van der Waals surface area (Å²) in [7, 11) is -3.50. The summed E-state index contributed by atoms with van der Waals surface area (Å²) in [4.78, 5) is 28.0. The zero-order valence-electron chi connectivity index (χ0n) is 44.4. The minimum absolute atomic E-state index is 0.0976. The third-order valence-electron chi connectivity index (χ3n) is 14.2. The van der Waals surface area contributed by atoms with E-state index in [1.54, 1.807) is 70.6 Å². The number of sulfonamides is 2. The van der Waals surface area contributed by atoms with Crippen molar-refractivity contribution in [3.63, 3.8) is 0 Å². The summed E-state index contributed by atoms with van der Waals surface area (Å²) < 4.78 is 73.9. The lowest BCUT2D eigenvalue weighted by Crippen LogP contribution is -2.47. The summed E-state index contributed by atoms with van der Waals surface area (Å²) in [5, 5.41) is 16.6. The number of aliphatic hydroxyl groups excluding tert-OH is 1. The highest BCUT2D eigenvalue weighted by molar-refractivity contribution is 7.93. The molecule has 0 bridgehead atoms. The number of nitrogens with one attached hydrogen (secondary N) is 4.